The van der Waals surface area contributed by atoms with E-state index in [0.29, 0.717) is 6.04 Å². The van der Waals surface area contributed by atoms with Gasteiger partial charge in [0.1, 0.15) is 11.6 Å². The Morgan fingerprint density at radius 3 is 2.83 bits per heavy atom. The van der Waals surface area contributed by atoms with E-state index in [0.717, 1.165) is 31.2 Å². The van der Waals surface area contributed by atoms with Crippen molar-refractivity contribution in [1.82, 2.24) is 20.1 Å². The molecule has 1 atom stereocenters. The zero-order valence-electron chi connectivity index (χ0n) is 10.6. The predicted octanol–water partition coefficient (Wildman–Crippen LogP) is 1.71. The molecule has 0 amide bonds. The zero-order chi connectivity index (χ0) is 12.4. The lowest BCUT2D eigenvalue weighted by molar-refractivity contribution is 0.515. The Morgan fingerprint density at radius 2 is 2.11 bits per heavy atom. The first-order valence-electron chi connectivity index (χ1n) is 6.49. The highest BCUT2D eigenvalue weighted by Crippen LogP contribution is 2.20. The molecule has 0 aliphatic carbocycles. The summed E-state index contributed by atoms with van der Waals surface area (Å²) in [6, 6.07) is 11.0. The third kappa shape index (κ3) is 2.16. The Morgan fingerprint density at radius 1 is 1.28 bits per heavy atom. The molecule has 1 aromatic carbocycles. The van der Waals surface area contributed by atoms with Gasteiger partial charge in [-0.2, -0.15) is 0 Å². The van der Waals surface area contributed by atoms with Gasteiger partial charge in [-0.15, -0.1) is 10.2 Å². The molecule has 0 radical (unpaired) electrons. The highest BCUT2D eigenvalue weighted by molar-refractivity contribution is 5.19. The van der Waals surface area contributed by atoms with Gasteiger partial charge >= 0.3 is 0 Å². The van der Waals surface area contributed by atoms with Gasteiger partial charge in [0.2, 0.25) is 0 Å². The molecule has 18 heavy (non-hydrogen) atoms. The van der Waals surface area contributed by atoms with Crippen LogP contribution in [0.15, 0.2) is 30.3 Å². The number of nitrogens with one attached hydrogen (secondary N) is 1. The SMILES string of the molecule is Cc1nnc(Cc2ccccc2)n1C1CCNC1. The molecule has 1 saturated heterocycles. The number of hydrogen-bond acceptors (Lipinski definition) is 3. The zero-order valence-corrected chi connectivity index (χ0v) is 10.6. The Kier molecular flexibility index (Phi) is 3.11. The van der Waals surface area contributed by atoms with E-state index in [4.69, 9.17) is 0 Å². The molecule has 0 bridgehead atoms. The number of rotatable bonds is 3. The monoisotopic (exact) mass is 242 g/mol. The fourth-order valence-electron chi connectivity index (χ4n) is 2.65. The van der Waals surface area contributed by atoms with Crippen LogP contribution in [0.1, 0.15) is 29.7 Å². The van der Waals surface area contributed by atoms with Crippen LogP contribution in [0.3, 0.4) is 0 Å². The molecule has 4 heteroatoms. The van der Waals surface area contributed by atoms with E-state index in [2.05, 4.69) is 44.3 Å². The Labute approximate surface area is 107 Å². The minimum atomic E-state index is 0.513. The number of aromatic nitrogens is 3. The van der Waals surface area contributed by atoms with Gasteiger partial charge in [0.25, 0.3) is 0 Å². The summed E-state index contributed by atoms with van der Waals surface area (Å²) < 4.78 is 2.30. The normalized spacial score (nSPS) is 19.3. The molecule has 4 nitrogen and oxygen atoms in total. The van der Waals surface area contributed by atoms with Crippen molar-refractivity contribution in [2.75, 3.05) is 13.1 Å². The fraction of sp³-hybridized carbons (Fsp3) is 0.429. The van der Waals surface area contributed by atoms with Crippen LogP contribution < -0.4 is 5.32 Å². The topological polar surface area (TPSA) is 42.7 Å². The molecule has 0 saturated carbocycles. The molecule has 1 unspecified atom stereocenters. The summed E-state index contributed by atoms with van der Waals surface area (Å²) in [4.78, 5) is 0. The smallest absolute Gasteiger partial charge is 0.137 e. The predicted molar refractivity (Wildman–Crippen MR) is 70.5 cm³/mol. The quantitative estimate of drug-likeness (QED) is 0.891. The van der Waals surface area contributed by atoms with Gasteiger partial charge in [-0.1, -0.05) is 30.3 Å². The first kappa shape index (κ1) is 11.4. The second-order valence-corrected chi connectivity index (χ2v) is 4.84. The lowest BCUT2D eigenvalue weighted by Gasteiger charge is -2.15. The lowest BCUT2D eigenvalue weighted by atomic mass is 10.1. The van der Waals surface area contributed by atoms with Crippen molar-refractivity contribution >= 4 is 0 Å². The highest BCUT2D eigenvalue weighted by atomic mass is 15.3. The lowest BCUT2D eigenvalue weighted by Crippen LogP contribution is -2.17. The van der Waals surface area contributed by atoms with Crippen molar-refractivity contribution in [1.29, 1.82) is 0 Å². The van der Waals surface area contributed by atoms with Crippen molar-refractivity contribution in [2.24, 2.45) is 0 Å². The second kappa shape index (κ2) is 4.90. The first-order chi connectivity index (χ1) is 8.84. The van der Waals surface area contributed by atoms with Gasteiger partial charge in [-0.05, 0) is 25.5 Å². The van der Waals surface area contributed by atoms with Crippen LogP contribution in [0.2, 0.25) is 0 Å². The van der Waals surface area contributed by atoms with E-state index in [9.17, 15) is 0 Å². The Balaban J connectivity index is 1.88. The summed E-state index contributed by atoms with van der Waals surface area (Å²) in [6.45, 7) is 4.16. The number of hydrogen-bond donors (Lipinski definition) is 1. The van der Waals surface area contributed by atoms with Gasteiger partial charge in [0, 0.05) is 13.0 Å². The maximum absolute atomic E-state index is 4.34. The molecule has 1 fully saturated rings. The third-order valence-electron chi connectivity index (χ3n) is 3.54. The average molecular weight is 242 g/mol. The third-order valence-corrected chi connectivity index (χ3v) is 3.54. The average Bonchev–Trinajstić information content (AvgIpc) is 3.01. The molecule has 1 aliphatic heterocycles. The van der Waals surface area contributed by atoms with Gasteiger partial charge in [0.05, 0.1) is 6.04 Å². The van der Waals surface area contributed by atoms with E-state index in [-0.39, 0.29) is 0 Å². The molecular formula is C14H18N4. The minimum Gasteiger partial charge on any atom is -0.315 e. The molecule has 2 heterocycles. The molecule has 1 N–H and O–H groups in total. The van der Waals surface area contributed by atoms with Crippen molar-refractivity contribution in [3.8, 4) is 0 Å². The van der Waals surface area contributed by atoms with E-state index in [1.165, 1.54) is 12.0 Å². The summed E-state index contributed by atoms with van der Waals surface area (Å²) in [7, 11) is 0. The second-order valence-electron chi connectivity index (χ2n) is 4.84. The fourth-order valence-corrected chi connectivity index (χ4v) is 2.65. The maximum Gasteiger partial charge on any atom is 0.137 e. The van der Waals surface area contributed by atoms with Crippen LogP contribution in [0.25, 0.3) is 0 Å². The molecule has 2 aromatic rings. The van der Waals surface area contributed by atoms with Gasteiger partial charge in [0.15, 0.2) is 0 Å². The Bertz CT molecular complexity index is 512. The van der Waals surface area contributed by atoms with E-state index >= 15 is 0 Å². The molecule has 1 aliphatic rings. The first-order valence-corrected chi connectivity index (χ1v) is 6.49. The number of benzene rings is 1. The van der Waals surface area contributed by atoms with E-state index < -0.39 is 0 Å². The summed E-state index contributed by atoms with van der Waals surface area (Å²) in [6.07, 6.45) is 2.03. The van der Waals surface area contributed by atoms with E-state index in [1.807, 2.05) is 13.0 Å². The standard InChI is InChI=1S/C14H18N4/c1-11-16-17-14(9-12-5-3-2-4-6-12)18(11)13-7-8-15-10-13/h2-6,13,15H,7-10H2,1H3. The largest absolute Gasteiger partial charge is 0.315 e. The highest BCUT2D eigenvalue weighted by Gasteiger charge is 2.21. The molecule has 3 rings (SSSR count). The molecule has 1 aromatic heterocycles. The van der Waals surface area contributed by atoms with Crippen LogP contribution in [0.5, 0.6) is 0 Å². The van der Waals surface area contributed by atoms with Crippen LogP contribution in [0, 0.1) is 6.92 Å². The number of aryl methyl sites for hydroxylation is 1. The van der Waals surface area contributed by atoms with E-state index in [1.54, 1.807) is 0 Å². The van der Waals surface area contributed by atoms with Crippen LogP contribution in [-0.4, -0.2) is 27.9 Å². The maximum atomic E-state index is 4.34. The summed E-state index contributed by atoms with van der Waals surface area (Å²) in [5.41, 5.74) is 1.29. The molecule has 0 spiro atoms. The van der Waals surface area contributed by atoms with Gasteiger partial charge < -0.3 is 9.88 Å². The van der Waals surface area contributed by atoms with Crippen molar-refractivity contribution in [3.05, 3.63) is 47.5 Å². The summed E-state index contributed by atoms with van der Waals surface area (Å²) >= 11 is 0. The van der Waals surface area contributed by atoms with Crippen molar-refractivity contribution in [2.45, 2.75) is 25.8 Å². The van der Waals surface area contributed by atoms with Crippen LogP contribution in [0.4, 0.5) is 0 Å². The van der Waals surface area contributed by atoms with Crippen LogP contribution >= 0.6 is 0 Å². The van der Waals surface area contributed by atoms with Gasteiger partial charge in [-0.25, -0.2) is 0 Å². The number of nitrogens with zero attached hydrogens (tertiary/aromatic N) is 3. The molecular weight excluding hydrogens is 224 g/mol. The summed E-state index contributed by atoms with van der Waals surface area (Å²) in [5, 5.41) is 12.0. The molecule has 94 valence electrons. The minimum absolute atomic E-state index is 0.513. The van der Waals surface area contributed by atoms with Crippen LogP contribution in [-0.2, 0) is 6.42 Å². The van der Waals surface area contributed by atoms with Gasteiger partial charge in [-0.3, -0.25) is 0 Å². The van der Waals surface area contributed by atoms with Crippen molar-refractivity contribution in [3.63, 3.8) is 0 Å². The summed E-state index contributed by atoms with van der Waals surface area (Å²) in [5.74, 6) is 2.10. The Hall–Kier alpha value is -1.68. The van der Waals surface area contributed by atoms with Crippen molar-refractivity contribution < 1.29 is 0 Å².